The zero-order valence-electron chi connectivity index (χ0n) is 12.6. The van der Waals surface area contributed by atoms with E-state index >= 15 is 0 Å². The van der Waals surface area contributed by atoms with Gasteiger partial charge in [0.2, 0.25) is 0 Å². The first-order chi connectivity index (χ1) is 9.75. The Morgan fingerprint density at radius 2 is 2.00 bits per heavy atom. The Labute approximate surface area is 122 Å². The van der Waals surface area contributed by atoms with Crippen molar-refractivity contribution in [3.63, 3.8) is 0 Å². The average Bonchev–Trinajstić information content (AvgIpc) is 2.88. The SMILES string of the molecule is Cc1ccccc1C(O)CCN1CCC2CCCCC21. The summed E-state index contributed by atoms with van der Waals surface area (Å²) in [4.78, 5) is 2.64. The molecule has 0 amide bonds. The predicted octanol–water partition coefficient (Wildman–Crippen LogP) is 3.68. The molecule has 1 N–H and O–H groups in total. The van der Waals surface area contributed by atoms with Gasteiger partial charge in [0.25, 0.3) is 0 Å². The molecule has 3 unspecified atom stereocenters. The molecule has 20 heavy (non-hydrogen) atoms. The monoisotopic (exact) mass is 273 g/mol. The summed E-state index contributed by atoms with van der Waals surface area (Å²) in [6.45, 7) is 4.39. The maximum Gasteiger partial charge on any atom is 0.0804 e. The third kappa shape index (κ3) is 2.91. The Morgan fingerprint density at radius 3 is 2.85 bits per heavy atom. The van der Waals surface area contributed by atoms with E-state index in [2.05, 4.69) is 24.0 Å². The highest BCUT2D eigenvalue weighted by atomic mass is 16.3. The van der Waals surface area contributed by atoms with E-state index in [1.807, 2.05) is 12.1 Å². The molecule has 3 atom stereocenters. The van der Waals surface area contributed by atoms with Gasteiger partial charge < -0.3 is 5.11 Å². The zero-order chi connectivity index (χ0) is 13.9. The predicted molar refractivity (Wildman–Crippen MR) is 82.7 cm³/mol. The van der Waals surface area contributed by atoms with Gasteiger partial charge in [-0.05, 0) is 56.2 Å². The number of aliphatic hydroxyl groups is 1. The Bertz CT molecular complexity index is 445. The number of hydrogen-bond donors (Lipinski definition) is 1. The quantitative estimate of drug-likeness (QED) is 0.904. The van der Waals surface area contributed by atoms with Crippen molar-refractivity contribution in [3.05, 3.63) is 35.4 Å². The third-order valence-electron chi connectivity index (χ3n) is 5.36. The van der Waals surface area contributed by atoms with Crippen LogP contribution >= 0.6 is 0 Å². The second-order valence-corrected chi connectivity index (χ2v) is 6.60. The van der Waals surface area contributed by atoms with Gasteiger partial charge in [-0.1, -0.05) is 37.1 Å². The fourth-order valence-corrected chi connectivity index (χ4v) is 4.18. The van der Waals surface area contributed by atoms with Crippen LogP contribution in [0.5, 0.6) is 0 Å². The van der Waals surface area contributed by atoms with Crippen molar-refractivity contribution in [1.29, 1.82) is 0 Å². The Morgan fingerprint density at radius 1 is 1.20 bits per heavy atom. The number of aryl methyl sites for hydroxylation is 1. The highest BCUT2D eigenvalue weighted by molar-refractivity contribution is 5.27. The number of fused-ring (bicyclic) bond motifs is 1. The van der Waals surface area contributed by atoms with Crippen LogP contribution in [-0.2, 0) is 0 Å². The van der Waals surface area contributed by atoms with Gasteiger partial charge in [0, 0.05) is 12.6 Å². The minimum absolute atomic E-state index is 0.307. The van der Waals surface area contributed by atoms with E-state index < -0.39 is 0 Å². The number of rotatable bonds is 4. The summed E-state index contributed by atoms with van der Waals surface area (Å²) < 4.78 is 0. The molecule has 2 heteroatoms. The maximum absolute atomic E-state index is 10.4. The number of benzene rings is 1. The summed E-state index contributed by atoms with van der Waals surface area (Å²) in [6.07, 6.45) is 7.59. The van der Waals surface area contributed by atoms with Crippen LogP contribution in [0.1, 0.15) is 55.8 Å². The molecule has 1 aromatic carbocycles. The first-order valence-electron chi connectivity index (χ1n) is 8.23. The lowest BCUT2D eigenvalue weighted by molar-refractivity contribution is 0.123. The molecular weight excluding hydrogens is 246 g/mol. The van der Waals surface area contributed by atoms with Crippen LogP contribution in [0.3, 0.4) is 0 Å². The van der Waals surface area contributed by atoms with Crippen LogP contribution < -0.4 is 0 Å². The molecule has 110 valence electrons. The highest BCUT2D eigenvalue weighted by Crippen LogP contribution is 2.36. The molecule has 0 aromatic heterocycles. The van der Waals surface area contributed by atoms with Crippen molar-refractivity contribution in [1.82, 2.24) is 4.90 Å². The molecule has 1 aliphatic heterocycles. The van der Waals surface area contributed by atoms with Gasteiger partial charge in [-0.3, -0.25) is 4.90 Å². The van der Waals surface area contributed by atoms with Crippen molar-refractivity contribution in [2.24, 2.45) is 5.92 Å². The fraction of sp³-hybridized carbons (Fsp3) is 0.667. The molecule has 1 saturated heterocycles. The molecule has 0 spiro atoms. The molecule has 1 heterocycles. The Kier molecular flexibility index (Phi) is 4.42. The van der Waals surface area contributed by atoms with Gasteiger partial charge in [-0.2, -0.15) is 0 Å². The molecule has 2 fully saturated rings. The standard InChI is InChI=1S/C18H27NO/c1-14-6-2-4-8-16(14)18(20)11-13-19-12-10-15-7-3-5-9-17(15)19/h2,4,6,8,15,17-18,20H,3,5,7,9-13H2,1H3. The summed E-state index contributed by atoms with van der Waals surface area (Å²) in [6, 6.07) is 9.03. The lowest BCUT2D eigenvalue weighted by atomic mass is 9.85. The minimum Gasteiger partial charge on any atom is -0.388 e. The molecule has 2 aliphatic rings. The minimum atomic E-state index is -0.307. The van der Waals surface area contributed by atoms with Crippen molar-refractivity contribution in [3.8, 4) is 0 Å². The van der Waals surface area contributed by atoms with Crippen molar-refractivity contribution in [2.45, 2.75) is 57.6 Å². The lowest BCUT2D eigenvalue weighted by Gasteiger charge is -2.32. The largest absolute Gasteiger partial charge is 0.388 e. The lowest BCUT2D eigenvalue weighted by Crippen LogP contribution is -2.35. The smallest absolute Gasteiger partial charge is 0.0804 e. The number of likely N-dealkylation sites (tertiary alicyclic amines) is 1. The van der Waals surface area contributed by atoms with Gasteiger partial charge in [0.1, 0.15) is 0 Å². The molecule has 1 saturated carbocycles. The topological polar surface area (TPSA) is 23.5 Å². The van der Waals surface area contributed by atoms with E-state index in [0.717, 1.165) is 30.5 Å². The third-order valence-corrected chi connectivity index (χ3v) is 5.36. The Balaban J connectivity index is 1.56. The van der Waals surface area contributed by atoms with E-state index in [1.54, 1.807) is 0 Å². The first kappa shape index (κ1) is 14.1. The van der Waals surface area contributed by atoms with Crippen molar-refractivity contribution < 1.29 is 5.11 Å². The van der Waals surface area contributed by atoms with Crippen LogP contribution in [0.4, 0.5) is 0 Å². The maximum atomic E-state index is 10.4. The summed E-state index contributed by atoms with van der Waals surface area (Å²) in [5.74, 6) is 0.944. The summed E-state index contributed by atoms with van der Waals surface area (Å²) in [5, 5.41) is 10.4. The fourth-order valence-electron chi connectivity index (χ4n) is 4.18. The summed E-state index contributed by atoms with van der Waals surface area (Å²) >= 11 is 0. The average molecular weight is 273 g/mol. The van der Waals surface area contributed by atoms with E-state index in [-0.39, 0.29) is 6.10 Å². The second-order valence-electron chi connectivity index (χ2n) is 6.60. The first-order valence-corrected chi connectivity index (χ1v) is 8.23. The molecular formula is C18H27NO. The second kappa shape index (κ2) is 6.28. The molecule has 2 nitrogen and oxygen atoms in total. The van der Waals surface area contributed by atoms with Crippen LogP contribution in [0, 0.1) is 12.8 Å². The van der Waals surface area contributed by atoms with Gasteiger partial charge in [-0.15, -0.1) is 0 Å². The summed E-state index contributed by atoms with van der Waals surface area (Å²) in [5.41, 5.74) is 2.31. The van der Waals surface area contributed by atoms with Gasteiger partial charge in [-0.25, -0.2) is 0 Å². The zero-order valence-corrected chi connectivity index (χ0v) is 12.6. The van der Waals surface area contributed by atoms with Crippen molar-refractivity contribution in [2.75, 3.05) is 13.1 Å². The van der Waals surface area contributed by atoms with Gasteiger partial charge in [0.15, 0.2) is 0 Å². The summed E-state index contributed by atoms with van der Waals surface area (Å²) in [7, 11) is 0. The number of nitrogens with zero attached hydrogens (tertiary/aromatic N) is 1. The van der Waals surface area contributed by atoms with Crippen LogP contribution in [0.2, 0.25) is 0 Å². The highest BCUT2D eigenvalue weighted by Gasteiger charge is 2.35. The number of aliphatic hydroxyl groups excluding tert-OH is 1. The molecule has 3 rings (SSSR count). The van der Waals surface area contributed by atoms with Crippen molar-refractivity contribution >= 4 is 0 Å². The van der Waals surface area contributed by atoms with E-state index in [0.29, 0.717) is 0 Å². The van der Waals surface area contributed by atoms with Crippen LogP contribution in [0.15, 0.2) is 24.3 Å². The normalized spacial score (nSPS) is 28.3. The molecule has 1 aromatic rings. The molecule has 1 aliphatic carbocycles. The van der Waals surface area contributed by atoms with Gasteiger partial charge >= 0.3 is 0 Å². The van der Waals surface area contributed by atoms with Crippen LogP contribution in [0.25, 0.3) is 0 Å². The van der Waals surface area contributed by atoms with Crippen LogP contribution in [-0.4, -0.2) is 29.1 Å². The molecule has 0 bridgehead atoms. The Hall–Kier alpha value is -0.860. The van der Waals surface area contributed by atoms with E-state index in [4.69, 9.17) is 0 Å². The number of hydrogen-bond acceptors (Lipinski definition) is 2. The van der Waals surface area contributed by atoms with Gasteiger partial charge in [0.05, 0.1) is 6.10 Å². The van der Waals surface area contributed by atoms with E-state index in [9.17, 15) is 5.11 Å². The molecule has 0 radical (unpaired) electrons. The van der Waals surface area contributed by atoms with E-state index in [1.165, 1.54) is 44.2 Å².